The number of amides is 1. The summed E-state index contributed by atoms with van der Waals surface area (Å²) in [7, 11) is 3.11. The van der Waals surface area contributed by atoms with Gasteiger partial charge in [0.1, 0.15) is 0 Å². The van der Waals surface area contributed by atoms with Crippen LogP contribution in [0.3, 0.4) is 0 Å². The number of carbonyl (C=O) groups excluding carboxylic acids is 1. The minimum Gasteiger partial charge on any atom is -0.493 e. The van der Waals surface area contributed by atoms with Crippen molar-refractivity contribution in [3.8, 4) is 11.5 Å². The number of fused-ring (bicyclic) bond motifs is 1. The Morgan fingerprint density at radius 1 is 1.00 bits per heavy atom. The summed E-state index contributed by atoms with van der Waals surface area (Å²) in [5, 5.41) is 4.40. The molecule has 130 valence electrons. The van der Waals surface area contributed by atoms with Gasteiger partial charge in [-0.2, -0.15) is 5.10 Å². The molecule has 3 rings (SSSR count). The Morgan fingerprint density at radius 3 is 2.56 bits per heavy atom. The number of ether oxygens (including phenoxy) is 2. The number of aryl methyl sites for hydroxylation is 1. The van der Waals surface area contributed by atoms with Crippen LogP contribution >= 0.6 is 0 Å². The van der Waals surface area contributed by atoms with E-state index >= 15 is 0 Å². The third-order valence-electron chi connectivity index (χ3n) is 4.38. The number of carbonyl (C=O) groups is 1. The monoisotopic (exact) mass is 338 g/mol. The molecule has 0 bridgehead atoms. The molecular weight excluding hydrogens is 316 g/mol. The van der Waals surface area contributed by atoms with Crippen molar-refractivity contribution in [1.29, 1.82) is 0 Å². The highest BCUT2D eigenvalue weighted by molar-refractivity contribution is 6.03. The second-order valence-corrected chi connectivity index (χ2v) is 5.93. The normalized spacial score (nSPS) is 15.2. The van der Waals surface area contributed by atoms with Crippen molar-refractivity contribution >= 4 is 11.6 Å². The summed E-state index contributed by atoms with van der Waals surface area (Å²) in [6.45, 7) is 0. The van der Waals surface area contributed by atoms with Crippen LogP contribution < -0.4 is 14.9 Å². The van der Waals surface area contributed by atoms with Crippen molar-refractivity contribution < 1.29 is 14.3 Å². The number of benzene rings is 2. The highest BCUT2D eigenvalue weighted by Gasteiger charge is 2.15. The van der Waals surface area contributed by atoms with E-state index in [1.54, 1.807) is 32.4 Å². The van der Waals surface area contributed by atoms with Gasteiger partial charge in [0.25, 0.3) is 5.91 Å². The lowest BCUT2D eigenvalue weighted by Gasteiger charge is -2.10. The Balaban J connectivity index is 1.81. The van der Waals surface area contributed by atoms with E-state index in [0.717, 1.165) is 37.0 Å². The molecule has 2 aromatic carbocycles. The highest BCUT2D eigenvalue weighted by Crippen LogP contribution is 2.27. The number of hydrogen-bond acceptors (Lipinski definition) is 4. The average Bonchev–Trinajstić information content (AvgIpc) is 2.87. The molecule has 5 nitrogen and oxygen atoms in total. The molecule has 0 spiro atoms. The van der Waals surface area contributed by atoms with Crippen molar-refractivity contribution in [2.45, 2.75) is 25.7 Å². The van der Waals surface area contributed by atoms with Crippen LogP contribution in [0.4, 0.5) is 0 Å². The zero-order valence-corrected chi connectivity index (χ0v) is 14.5. The van der Waals surface area contributed by atoms with Gasteiger partial charge >= 0.3 is 0 Å². The van der Waals surface area contributed by atoms with E-state index < -0.39 is 0 Å². The van der Waals surface area contributed by atoms with Gasteiger partial charge < -0.3 is 9.47 Å². The summed E-state index contributed by atoms with van der Waals surface area (Å²) in [6.07, 6.45) is 4.13. The van der Waals surface area contributed by atoms with E-state index in [1.165, 1.54) is 5.56 Å². The lowest BCUT2D eigenvalue weighted by Crippen LogP contribution is -2.20. The molecule has 0 unspecified atom stereocenters. The van der Waals surface area contributed by atoms with Gasteiger partial charge in [-0.05, 0) is 49.4 Å². The van der Waals surface area contributed by atoms with E-state index in [1.807, 2.05) is 12.1 Å². The Morgan fingerprint density at radius 2 is 1.76 bits per heavy atom. The Bertz CT molecular complexity index is 799. The van der Waals surface area contributed by atoms with Crippen LogP contribution in [0.25, 0.3) is 0 Å². The quantitative estimate of drug-likeness (QED) is 0.685. The number of hydrogen-bond donors (Lipinski definition) is 1. The van der Waals surface area contributed by atoms with Gasteiger partial charge in [-0.1, -0.05) is 24.3 Å². The largest absolute Gasteiger partial charge is 0.493 e. The molecule has 0 saturated carbocycles. The molecule has 0 saturated heterocycles. The van der Waals surface area contributed by atoms with Gasteiger partial charge in [0.05, 0.1) is 19.9 Å². The first-order chi connectivity index (χ1) is 12.2. The van der Waals surface area contributed by atoms with Crippen molar-refractivity contribution in [2.24, 2.45) is 5.10 Å². The topological polar surface area (TPSA) is 59.9 Å². The second kappa shape index (κ2) is 7.83. The summed E-state index contributed by atoms with van der Waals surface area (Å²) >= 11 is 0. The van der Waals surface area contributed by atoms with Crippen LogP contribution in [0.15, 0.2) is 47.6 Å². The van der Waals surface area contributed by atoms with Crippen molar-refractivity contribution in [2.75, 3.05) is 14.2 Å². The minimum absolute atomic E-state index is 0.268. The fraction of sp³-hybridized carbons (Fsp3) is 0.300. The Kier molecular flexibility index (Phi) is 5.33. The van der Waals surface area contributed by atoms with E-state index in [9.17, 15) is 4.79 Å². The van der Waals surface area contributed by atoms with E-state index in [2.05, 4.69) is 22.7 Å². The third kappa shape index (κ3) is 3.82. The molecule has 0 fully saturated rings. The zero-order valence-electron chi connectivity index (χ0n) is 14.5. The Labute approximate surface area is 147 Å². The first-order valence-electron chi connectivity index (χ1n) is 8.40. The summed E-state index contributed by atoms with van der Waals surface area (Å²) in [5.74, 6) is 0.834. The van der Waals surface area contributed by atoms with E-state index in [-0.39, 0.29) is 5.91 Å². The van der Waals surface area contributed by atoms with Crippen LogP contribution in [0, 0.1) is 0 Å². The SMILES string of the molecule is COc1ccc(C(=O)N/N=C2\CCCCc3ccccc32)cc1OC. The summed E-state index contributed by atoms with van der Waals surface area (Å²) in [5.41, 5.74) is 6.51. The summed E-state index contributed by atoms with van der Waals surface area (Å²) < 4.78 is 10.4. The van der Waals surface area contributed by atoms with E-state index in [0.29, 0.717) is 17.1 Å². The van der Waals surface area contributed by atoms with E-state index in [4.69, 9.17) is 9.47 Å². The van der Waals surface area contributed by atoms with Gasteiger partial charge in [0.15, 0.2) is 11.5 Å². The van der Waals surface area contributed by atoms with Crippen LogP contribution in [-0.2, 0) is 6.42 Å². The maximum atomic E-state index is 12.4. The van der Waals surface area contributed by atoms with Crippen LogP contribution in [-0.4, -0.2) is 25.8 Å². The van der Waals surface area contributed by atoms with Crippen molar-refractivity contribution in [3.63, 3.8) is 0 Å². The number of nitrogens with zero attached hydrogens (tertiary/aromatic N) is 1. The molecule has 5 heteroatoms. The molecule has 0 radical (unpaired) electrons. The lowest BCUT2D eigenvalue weighted by molar-refractivity contribution is 0.0954. The lowest BCUT2D eigenvalue weighted by atomic mass is 10.0. The highest BCUT2D eigenvalue weighted by atomic mass is 16.5. The smallest absolute Gasteiger partial charge is 0.271 e. The number of rotatable bonds is 4. The fourth-order valence-electron chi connectivity index (χ4n) is 3.04. The molecule has 1 aliphatic carbocycles. The molecule has 0 heterocycles. The predicted octanol–water partition coefficient (Wildman–Crippen LogP) is 3.56. The second-order valence-electron chi connectivity index (χ2n) is 5.93. The first-order valence-corrected chi connectivity index (χ1v) is 8.40. The average molecular weight is 338 g/mol. The van der Waals surface area contributed by atoms with Crippen LogP contribution in [0.1, 0.15) is 40.7 Å². The Hall–Kier alpha value is -2.82. The van der Waals surface area contributed by atoms with Crippen molar-refractivity contribution in [3.05, 3.63) is 59.2 Å². The maximum absolute atomic E-state index is 12.4. The van der Waals surface area contributed by atoms with Crippen LogP contribution in [0.2, 0.25) is 0 Å². The van der Waals surface area contributed by atoms with Crippen molar-refractivity contribution in [1.82, 2.24) is 5.43 Å². The maximum Gasteiger partial charge on any atom is 0.271 e. The molecule has 1 amide bonds. The number of hydrazone groups is 1. The fourth-order valence-corrected chi connectivity index (χ4v) is 3.04. The molecule has 0 aromatic heterocycles. The summed E-state index contributed by atoms with van der Waals surface area (Å²) in [6, 6.07) is 13.3. The molecule has 0 aliphatic heterocycles. The number of nitrogens with one attached hydrogen (secondary N) is 1. The molecule has 25 heavy (non-hydrogen) atoms. The predicted molar refractivity (Wildman–Crippen MR) is 97.5 cm³/mol. The van der Waals surface area contributed by atoms with Gasteiger partial charge in [-0.3, -0.25) is 4.79 Å². The molecule has 0 atom stereocenters. The van der Waals surface area contributed by atoms with Gasteiger partial charge in [0.2, 0.25) is 0 Å². The molecular formula is C20H22N2O3. The zero-order chi connectivity index (χ0) is 17.6. The summed E-state index contributed by atoms with van der Waals surface area (Å²) in [4.78, 5) is 12.4. The number of methoxy groups -OCH3 is 2. The minimum atomic E-state index is -0.268. The molecule has 2 aromatic rings. The van der Waals surface area contributed by atoms with Gasteiger partial charge in [-0.15, -0.1) is 0 Å². The molecule has 1 N–H and O–H groups in total. The standard InChI is InChI=1S/C20H22N2O3/c1-24-18-12-11-15(13-19(18)25-2)20(23)22-21-17-10-6-4-8-14-7-3-5-9-16(14)17/h3,5,7,9,11-13H,4,6,8,10H2,1-2H3,(H,22,23)/b21-17+. The third-order valence-corrected chi connectivity index (χ3v) is 4.38. The molecule has 1 aliphatic rings. The van der Waals surface area contributed by atoms with Gasteiger partial charge in [-0.25, -0.2) is 5.43 Å². The van der Waals surface area contributed by atoms with Gasteiger partial charge in [0, 0.05) is 11.1 Å². The van der Waals surface area contributed by atoms with Crippen LogP contribution in [0.5, 0.6) is 11.5 Å². The first kappa shape index (κ1) is 17.0.